The highest BCUT2D eigenvalue weighted by Gasteiger charge is 2.41. The highest BCUT2D eigenvalue weighted by atomic mass is 28.3. The molecule has 0 bridgehead atoms. The van der Waals surface area contributed by atoms with Crippen molar-refractivity contribution in [2.24, 2.45) is 5.92 Å². The van der Waals surface area contributed by atoms with Crippen molar-refractivity contribution in [3.63, 3.8) is 0 Å². The Morgan fingerprint density at radius 3 is 2.45 bits per heavy atom. The second-order valence-corrected chi connectivity index (χ2v) is 19.1. The van der Waals surface area contributed by atoms with E-state index >= 15 is 0 Å². The van der Waals surface area contributed by atoms with E-state index in [0.29, 0.717) is 38.2 Å². The van der Waals surface area contributed by atoms with Gasteiger partial charge in [-0.15, -0.1) is 5.10 Å². The molecule has 1 aliphatic heterocycles. The third-order valence-corrected chi connectivity index (χ3v) is 9.24. The molecular weight excluding hydrogens is 554 g/mol. The second-order valence-electron chi connectivity index (χ2n) is 13.5. The van der Waals surface area contributed by atoms with Crippen molar-refractivity contribution in [2.75, 3.05) is 26.8 Å². The van der Waals surface area contributed by atoms with Crippen LogP contribution in [-0.2, 0) is 37.8 Å². The molecule has 1 aliphatic rings. The number of hydrogen-bond donors (Lipinski definition) is 1. The van der Waals surface area contributed by atoms with Gasteiger partial charge in [-0.1, -0.05) is 57.3 Å². The number of tetrazole rings is 1. The minimum absolute atomic E-state index is 0.164. The van der Waals surface area contributed by atoms with Crippen LogP contribution < -0.4 is 0 Å². The van der Waals surface area contributed by atoms with Gasteiger partial charge in [-0.25, -0.2) is 9.48 Å². The van der Waals surface area contributed by atoms with Gasteiger partial charge in [-0.2, -0.15) is 0 Å². The monoisotopic (exact) mass is 603 g/mol. The Hall–Kier alpha value is -2.83. The summed E-state index contributed by atoms with van der Waals surface area (Å²) in [5, 5.41) is 23.8. The van der Waals surface area contributed by atoms with Crippen LogP contribution >= 0.6 is 0 Å². The summed E-state index contributed by atoms with van der Waals surface area (Å²) in [7, 11) is 0.161. The highest BCUT2D eigenvalue weighted by Crippen LogP contribution is 2.35. The molecule has 0 spiro atoms. The van der Waals surface area contributed by atoms with Crippen molar-refractivity contribution in [3.05, 3.63) is 41.2 Å². The molecule has 2 aromatic rings. The first-order chi connectivity index (χ1) is 19.7. The number of ether oxygens (including phenoxy) is 3. The first-order valence-electron chi connectivity index (χ1n) is 14.9. The molecule has 1 unspecified atom stereocenters. The van der Waals surface area contributed by atoms with Gasteiger partial charge >= 0.3 is 12.1 Å². The first kappa shape index (κ1) is 33.7. The van der Waals surface area contributed by atoms with Gasteiger partial charge in [0.2, 0.25) is 0 Å². The smallest absolute Gasteiger partial charge is 0.410 e. The predicted molar refractivity (Wildman–Crippen MR) is 162 cm³/mol. The largest absolute Gasteiger partial charge is 0.469 e. The molecule has 2 heterocycles. The fourth-order valence-electron chi connectivity index (χ4n) is 5.17. The van der Waals surface area contributed by atoms with Crippen LogP contribution in [0.15, 0.2) is 24.3 Å². The average Bonchev–Trinajstić information content (AvgIpc) is 3.54. The molecule has 1 amide bonds. The van der Waals surface area contributed by atoms with Gasteiger partial charge in [-0.05, 0) is 67.6 Å². The molecule has 12 heteroatoms. The molecule has 42 heavy (non-hydrogen) atoms. The van der Waals surface area contributed by atoms with Crippen LogP contribution in [0.2, 0.25) is 25.7 Å². The zero-order valence-corrected chi connectivity index (χ0v) is 27.6. The number of amides is 1. The summed E-state index contributed by atoms with van der Waals surface area (Å²) < 4.78 is 18.3. The van der Waals surface area contributed by atoms with Crippen molar-refractivity contribution in [2.45, 2.75) is 103 Å². The van der Waals surface area contributed by atoms with E-state index in [-0.39, 0.29) is 25.2 Å². The van der Waals surface area contributed by atoms with E-state index < -0.39 is 31.3 Å². The normalized spacial score (nSPS) is 19.0. The number of aliphatic hydroxyl groups is 1. The molecule has 3 rings (SSSR count). The summed E-state index contributed by atoms with van der Waals surface area (Å²) in [6.07, 6.45) is 1.91. The Kier molecular flexibility index (Phi) is 11.3. The van der Waals surface area contributed by atoms with Crippen LogP contribution in [0.25, 0.3) is 0 Å². The summed E-state index contributed by atoms with van der Waals surface area (Å²) in [6.45, 7) is 15.8. The van der Waals surface area contributed by atoms with Crippen molar-refractivity contribution >= 4 is 20.1 Å². The Bertz CT molecular complexity index is 1180. The zero-order chi connectivity index (χ0) is 31.1. The number of β-amino-alcohol motifs (C(OH)–C–C–N with tert-alkyl or cyclic N) is 1. The van der Waals surface area contributed by atoms with E-state index in [0.717, 1.165) is 23.6 Å². The summed E-state index contributed by atoms with van der Waals surface area (Å²) in [5.41, 5.74) is -0.0698. The highest BCUT2D eigenvalue weighted by molar-refractivity contribution is 6.76. The third kappa shape index (κ3) is 9.33. The van der Waals surface area contributed by atoms with E-state index in [1.165, 1.54) is 7.11 Å². The fourth-order valence-corrected chi connectivity index (χ4v) is 5.93. The Balaban J connectivity index is 1.80. The molecule has 234 valence electrons. The number of methoxy groups -OCH3 is 1. The number of hydrogen-bond acceptors (Lipinski definition) is 9. The minimum Gasteiger partial charge on any atom is -0.469 e. The number of carbonyl (C=O) groups is 2. The number of aromatic nitrogens is 4. The van der Waals surface area contributed by atoms with Crippen LogP contribution in [0, 0.1) is 5.92 Å². The van der Waals surface area contributed by atoms with E-state index in [1.54, 1.807) is 9.58 Å². The van der Waals surface area contributed by atoms with Crippen LogP contribution in [0.5, 0.6) is 0 Å². The SMILES string of the molecule is CCC[C@H](C(=O)OC)[C@H](Cc1ccc(C2(O)CCN(C(=O)OC(C)(C)C)C2)cc1)c1nnnn1COCC[Si](C)(C)C. The number of benzene rings is 1. The topological polar surface area (TPSA) is 129 Å². The van der Waals surface area contributed by atoms with Gasteiger partial charge in [-0.3, -0.25) is 4.79 Å². The number of esters is 1. The number of likely N-dealkylation sites (tertiary alicyclic amines) is 1. The lowest BCUT2D eigenvalue weighted by molar-refractivity contribution is -0.146. The molecule has 0 saturated carbocycles. The van der Waals surface area contributed by atoms with Gasteiger partial charge in [0, 0.05) is 27.1 Å². The van der Waals surface area contributed by atoms with Crippen LogP contribution in [0.4, 0.5) is 4.79 Å². The lowest BCUT2D eigenvalue weighted by Gasteiger charge is -2.27. The molecule has 1 saturated heterocycles. The Morgan fingerprint density at radius 2 is 1.86 bits per heavy atom. The maximum atomic E-state index is 13.0. The fraction of sp³-hybridized carbons (Fsp3) is 0.700. The lowest BCUT2D eigenvalue weighted by Crippen LogP contribution is -2.38. The number of nitrogens with zero attached hydrogens (tertiary/aromatic N) is 5. The lowest BCUT2D eigenvalue weighted by atomic mass is 9.82. The summed E-state index contributed by atoms with van der Waals surface area (Å²) in [5.74, 6) is -0.489. The van der Waals surface area contributed by atoms with Crippen LogP contribution in [-0.4, -0.2) is 82.8 Å². The van der Waals surface area contributed by atoms with Gasteiger partial charge < -0.3 is 24.2 Å². The van der Waals surface area contributed by atoms with Gasteiger partial charge in [0.05, 0.1) is 19.6 Å². The van der Waals surface area contributed by atoms with Crippen LogP contribution in [0.1, 0.15) is 69.8 Å². The third-order valence-electron chi connectivity index (χ3n) is 7.54. The summed E-state index contributed by atoms with van der Waals surface area (Å²) in [4.78, 5) is 27.0. The average molecular weight is 604 g/mol. The molecule has 1 fully saturated rings. The van der Waals surface area contributed by atoms with Gasteiger partial charge in [0.1, 0.15) is 17.9 Å². The van der Waals surface area contributed by atoms with Crippen molar-refractivity contribution < 1.29 is 28.9 Å². The Morgan fingerprint density at radius 1 is 1.17 bits per heavy atom. The molecule has 11 nitrogen and oxygen atoms in total. The summed E-state index contributed by atoms with van der Waals surface area (Å²) >= 11 is 0. The molecule has 0 radical (unpaired) electrons. The van der Waals surface area contributed by atoms with Crippen molar-refractivity contribution in [1.29, 1.82) is 0 Å². The molecule has 0 aliphatic carbocycles. The van der Waals surface area contributed by atoms with E-state index in [4.69, 9.17) is 14.2 Å². The van der Waals surface area contributed by atoms with E-state index in [1.807, 2.05) is 52.0 Å². The first-order valence-corrected chi connectivity index (χ1v) is 18.6. The van der Waals surface area contributed by atoms with Gasteiger partial charge in [0.25, 0.3) is 0 Å². The van der Waals surface area contributed by atoms with Crippen molar-refractivity contribution in [3.8, 4) is 0 Å². The quantitative estimate of drug-likeness (QED) is 0.196. The molecule has 3 atom stereocenters. The summed E-state index contributed by atoms with van der Waals surface area (Å²) in [6, 6.07) is 8.72. The maximum Gasteiger partial charge on any atom is 0.410 e. The maximum absolute atomic E-state index is 13.0. The minimum atomic E-state index is -1.24. The van der Waals surface area contributed by atoms with E-state index in [9.17, 15) is 14.7 Å². The van der Waals surface area contributed by atoms with Gasteiger partial charge in [0.15, 0.2) is 5.82 Å². The molecule has 1 aromatic heterocycles. The number of carbonyl (C=O) groups excluding carboxylic acids is 2. The second kappa shape index (κ2) is 14.1. The van der Waals surface area contributed by atoms with E-state index in [2.05, 4.69) is 35.2 Å². The zero-order valence-electron chi connectivity index (χ0n) is 26.6. The predicted octanol–water partition coefficient (Wildman–Crippen LogP) is 4.73. The number of rotatable bonds is 13. The molecule has 1 N–H and O–H groups in total. The van der Waals surface area contributed by atoms with Crippen molar-refractivity contribution in [1.82, 2.24) is 25.1 Å². The standard InChI is InChI=1S/C30H49N5O6Si/c1-9-10-24(27(36)39-5)25(26-31-32-33-35(26)21-40-17-18-42(6,7)8)19-22-11-13-23(14-12-22)30(38)15-16-34(20-30)28(37)41-29(2,3)4/h11-14,24-25,38H,9-10,15-21H2,1-8H3/t24-,25-,30?/m0/s1. The molecular formula is C30H49N5O6Si. The Labute approximate surface area is 250 Å². The van der Waals surface area contributed by atoms with Crippen LogP contribution in [0.3, 0.4) is 0 Å². The molecule has 1 aromatic carbocycles.